The second-order valence-corrected chi connectivity index (χ2v) is 4.81. The van der Waals surface area contributed by atoms with Crippen LogP contribution in [0.25, 0.3) is 0 Å². The summed E-state index contributed by atoms with van der Waals surface area (Å²) < 4.78 is 5.04. The predicted octanol–water partition coefficient (Wildman–Crippen LogP) is 1.44. The third kappa shape index (κ3) is 3.14. The normalized spacial score (nSPS) is 17.2. The Bertz CT molecular complexity index is 541. The van der Waals surface area contributed by atoms with Gasteiger partial charge in [-0.15, -0.1) is 6.58 Å². The van der Waals surface area contributed by atoms with E-state index >= 15 is 0 Å². The van der Waals surface area contributed by atoms with E-state index < -0.39 is 10.7 Å². The van der Waals surface area contributed by atoms with Crippen LogP contribution in [0.4, 0.5) is 5.69 Å². The zero-order chi connectivity index (χ0) is 15.4. The molecule has 2 rings (SSSR count). The molecule has 1 aromatic carbocycles. The minimum Gasteiger partial charge on any atom is -0.500 e. The monoisotopic (exact) mass is 293 g/mol. The van der Waals surface area contributed by atoms with Crippen LogP contribution in [0.15, 0.2) is 24.8 Å². The van der Waals surface area contributed by atoms with Crippen LogP contribution in [-0.2, 0) is 0 Å². The van der Waals surface area contributed by atoms with Gasteiger partial charge in [-0.1, -0.05) is 6.08 Å². The lowest BCUT2D eigenvalue weighted by atomic mass is 10.0. The third-order valence-corrected chi connectivity index (χ3v) is 3.60. The summed E-state index contributed by atoms with van der Waals surface area (Å²) in [5.41, 5.74) is 0.333. The number of rotatable bonds is 5. The molecule has 0 radical (unpaired) electrons. The van der Waals surface area contributed by atoms with Crippen LogP contribution in [-0.4, -0.2) is 48.2 Å². The molecule has 1 heterocycles. The van der Waals surface area contributed by atoms with Crippen molar-refractivity contribution >= 4 is 5.69 Å². The summed E-state index contributed by atoms with van der Waals surface area (Å²) in [6.07, 6.45) is 1.75. The van der Waals surface area contributed by atoms with E-state index in [1.54, 1.807) is 12.1 Å². The summed E-state index contributed by atoms with van der Waals surface area (Å²) in [5.74, 6) is -0.351. The van der Waals surface area contributed by atoms with Crippen molar-refractivity contribution in [3.8, 4) is 11.5 Å². The number of benzene rings is 1. The number of methoxy groups -OCH3 is 1. The van der Waals surface area contributed by atoms with Crippen molar-refractivity contribution in [1.29, 1.82) is 0 Å². The van der Waals surface area contributed by atoms with Crippen LogP contribution < -0.4 is 10.1 Å². The lowest BCUT2D eigenvalue weighted by Gasteiger charge is -2.33. The number of hydrogen-bond acceptors (Lipinski definition) is 6. The maximum Gasteiger partial charge on any atom is 0.315 e. The number of phenolic OH excluding ortho intramolecular Hbond substituents is 1. The van der Waals surface area contributed by atoms with Gasteiger partial charge < -0.3 is 15.2 Å². The molecule has 1 fully saturated rings. The molecule has 0 bridgehead atoms. The number of nitrogens with one attached hydrogen (secondary N) is 1. The van der Waals surface area contributed by atoms with Crippen molar-refractivity contribution in [3.63, 3.8) is 0 Å². The molecule has 21 heavy (non-hydrogen) atoms. The molecular weight excluding hydrogens is 274 g/mol. The maximum atomic E-state index is 11.1. The Balaban J connectivity index is 2.42. The highest BCUT2D eigenvalue weighted by Gasteiger charge is 2.25. The van der Waals surface area contributed by atoms with Gasteiger partial charge in [-0.3, -0.25) is 15.0 Å². The molecule has 1 saturated heterocycles. The number of aromatic hydroxyl groups is 1. The smallest absolute Gasteiger partial charge is 0.315 e. The fraction of sp³-hybridized carbons (Fsp3) is 0.429. The number of hydrogen-bond donors (Lipinski definition) is 2. The van der Waals surface area contributed by atoms with Gasteiger partial charge in [-0.05, 0) is 11.6 Å². The number of ether oxygens (including phenoxy) is 1. The molecule has 7 heteroatoms. The summed E-state index contributed by atoms with van der Waals surface area (Å²) in [7, 11) is 1.37. The summed E-state index contributed by atoms with van der Waals surface area (Å²) in [4.78, 5) is 12.6. The van der Waals surface area contributed by atoms with Crippen LogP contribution >= 0.6 is 0 Å². The minimum absolute atomic E-state index is 0.0983. The first-order valence-electron chi connectivity index (χ1n) is 6.71. The number of phenols is 1. The van der Waals surface area contributed by atoms with Gasteiger partial charge in [-0.2, -0.15) is 0 Å². The Hall–Kier alpha value is -2.12. The first-order chi connectivity index (χ1) is 10.1. The second-order valence-electron chi connectivity index (χ2n) is 4.81. The van der Waals surface area contributed by atoms with E-state index in [4.69, 9.17) is 4.74 Å². The van der Waals surface area contributed by atoms with Crippen LogP contribution in [0.3, 0.4) is 0 Å². The van der Waals surface area contributed by atoms with Crippen LogP contribution in [0.5, 0.6) is 11.5 Å². The van der Waals surface area contributed by atoms with Gasteiger partial charge in [0.2, 0.25) is 5.75 Å². The van der Waals surface area contributed by atoms with Crippen molar-refractivity contribution in [3.05, 3.63) is 40.5 Å². The largest absolute Gasteiger partial charge is 0.500 e. The summed E-state index contributed by atoms with van der Waals surface area (Å²) in [5, 5.41) is 24.2. The fourth-order valence-corrected chi connectivity index (χ4v) is 2.54. The molecule has 7 nitrogen and oxygen atoms in total. The summed E-state index contributed by atoms with van der Waals surface area (Å²) in [6, 6.07) is 2.85. The van der Waals surface area contributed by atoms with E-state index in [1.807, 2.05) is 0 Å². The van der Waals surface area contributed by atoms with Gasteiger partial charge in [0.15, 0.2) is 5.75 Å². The summed E-state index contributed by atoms with van der Waals surface area (Å²) in [6.45, 7) is 7.21. The van der Waals surface area contributed by atoms with Gasteiger partial charge >= 0.3 is 5.69 Å². The predicted molar refractivity (Wildman–Crippen MR) is 78.7 cm³/mol. The molecule has 1 atom stereocenters. The van der Waals surface area contributed by atoms with E-state index in [9.17, 15) is 15.2 Å². The van der Waals surface area contributed by atoms with E-state index in [1.165, 1.54) is 13.2 Å². The average Bonchev–Trinajstić information content (AvgIpc) is 2.50. The molecule has 114 valence electrons. The Kier molecular flexibility index (Phi) is 4.77. The SMILES string of the molecule is C=C[C@H](c1cc(OC)c(O)c([N+](=O)[O-])c1)N1CCNCC1. The average molecular weight is 293 g/mol. The third-order valence-electron chi connectivity index (χ3n) is 3.60. The van der Waals surface area contributed by atoms with Gasteiger partial charge in [0, 0.05) is 32.2 Å². The number of nitrogens with zero attached hydrogens (tertiary/aromatic N) is 2. The van der Waals surface area contributed by atoms with Crippen LogP contribution in [0.1, 0.15) is 11.6 Å². The van der Waals surface area contributed by atoms with Crippen molar-refractivity contribution in [2.45, 2.75) is 6.04 Å². The Morgan fingerprint density at radius 3 is 2.71 bits per heavy atom. The van der Waals surface area contributed by atoms with E-state index in [0.29, 0.717) is 5.56 Å². The topological polar surface area (TPSA) is 87.9 Å². The van der Waals surface area contributed by atoms with Gasteiger partial charge in [0.25, 0.3) is 0 Å². The van der Waals surface area contributed by atoms with Crippen LogP contribution in [0.2, 0.25) is 0 Å². The van der Waals surface area contributed by atoms with E-state index in [2.05, 4.69) is 16.8 Å². The molecule has 0 unspecified atom stereocenters. The molecule has 0 amide bonds. The molecule has 1 aliphatic heterocycles. The highest BCUT2D eigenvalue weighted by molar-refractivity contribution is 5.58. The van der Waals surface area contributed by atoms with Crippen molar-refractivity contribution in [1.82, 2.24) is 10.2 Å². The van der Waals surface area contributed by atoms with E-state index in [-0.39, 0.29) is 17.5 Å². The van der Waals surface area contributed by atoms with E-state index in [0.717, 1.165) is 26.2 Å². The minimum atomic E-state index is -0.612. The molecule has 0 aliphatic carbocycles. The molecule has 1 aliphatic rings. The second kappa shape index (κ2) is 6.55. The first kappa shape index (κ1) is 15.3. The highest BCUT2D eigenvalue weighted by Crippen LogP contribution is 2.39. The molecule has 0 saturated carbocycles. The Morgan fingerprint density at radius 2 is 2.19 bits per heavy atom. The van der Waals surface area contributed by atoms with Gasteiger partial charge in [0.1, 0.15) is 0 Å². The van der Waals surface area contributed by atoms with Crippen molar-refractivity contribution < 1.29 is 14.8 Å². The number of nitro groups is 1. The molecule has 0 aromatic heterocycles. The van der Waals surface area contributed by atoms with Gasteiger partial charge in [0.05, 0.1) is 18.1 Å². The van der Waals surface area contributed by atoms with Crippen molar-refractivity contribution in [2.24, 2.45) is 0 Å². The zero-order valence-electron chi connectivity index (χ0n) is 11.9. The fourth-order valence-electron chi connectivity index (χ4n) is 2.54. The Labute approximate surface area is 123 Å². The zero-order valence-corrected chi connectivity index (χ0v) is 11.9. The lowest BCUT2D eigenvalue weighted by Crippen LogP contribution is -2.44. The Morgan fingerprint density at radius 1 is 1.52 bits per heavy atom. The first-order valence-corrected chi connectivity index (χ1v) is 6.71. The number of piperazine rings is 1. The highest BCUT2D eigenvalue weighted by atomic mass is 16.6. The number of nitro benzene ring substituents is 1. The molecule has 2 N–H and O–H groups in total. The van der Waals surface area contributed by atoms with Crippen LogP contribution in [0, 0.1) is 10.1 Å². The molecular formula is C14H19N3O4. The lowest BCUT2D eigenvalue weighted by molar-refractivity contribution is -0.386. The van der Waals surface area contributed by atoms with Gasteiger partial charge in [-0.25, -0.2) is 0 Å². The molecule has 0 spiro atoms. The molecule has 1 aromatic rings. The quantitative estimate of drug-likeness (QED) is 0.485. The standard InChI is InChI=1S/C14H19N3O4/c1-3-11(16-6-4-15-5-7-16)10-8-12(17(19)20)14(18)13(9-10)21-2/h3,8-9,11,15,18H,1,4-7H2,2H3/t11-/m1/s1. The maximum absolute atomic E-state index is 11.1. The van der Waals surface area contributed by atoms with Crippen molar-refractivity contribution in [2.75, 3.05) is 33.3 Å². The summed E-state index contributed by atoms with van der Waals surface area (Å²) >= 11 is 0.